The van der Waals surface area contributed by atoms with Crippen LogP contribution >= 0.6 is 11.8 Å². The van der Waals surface area contributed by atoms with Crippen LogP contribution in [0.5, 0.6) is 0 Å². The van der Waals surface area contributed by atoms with Crippen molar-refractivity contribution in [2.45, 2.75) is 109 Å². The van der Waals surface area contributed by atoms with E-state index >= 15 is 0 Å². The van der Waals surface area contributed by atoms with E-state index < -0.39 is 59.7 Å². The summed E-state index contributed by atoms with van der Waals surface area (Å²) in [6.45, 7) is 4.43. The van der Waals surface area contributed by atoms with E-state index in [1.54, 1.807) is 0 Å². The van der Waals surface area contributed by atoms with Crippen LogP contribution in [-0.4, -0.2) is 90.2 Å². The number of rotatable bonds is 19. The van der Waals surface area contributed by atoms with Crippen molar-refractivity contribution in [2.24, 2.45) is 28.1 Å². The first-order valence-corrected chi connectivity index (χ1v) is 16.5. The third-order valence-electron chi connectivity index (χ3n) is 7.35. The van der Waals surface area contributed by atoms with Gasteiger partial charge in [-0.2, -0.15) is 11.8 Å². The number of nitrogens with one attached hydrogen (secondary N) is 5. The largest absolute Gasteiger partial charge is 0.370 e. The molecule has 44 heavy (non-hydrogen) atoms. The molecule has 0 aliphatic heterocycles. The summed E-state index contributed by atoms with van der Waals surface area (Å²) in [4.78, 5) is 79.7. The van der Waals surface area contributed by atoms with Gasteiger partial charge in [0.1, 0.15) is 30.2 Å². The summed E-state index contributed by atoms with van der Waals surface area (Å²) in [5, 5.41) is 13.2. The van der Waals surface area contributed by atoms with E-state index in [2.05, 4.69) is 31.6 Å². The molecule has 0 bridgehead atoms. The number of nitrogens with two attached hydrogens (primary N) is 3. The van der Waals surface area contributed by atoms with Crippen LogP contribution in [0.15, 0.2) is 4.99 Å². The first-order valence-electron chi connectivity index (χ1n) is 15.1. The number of primary amides is 1. The predicted molar refractivity (Wildman–Crippen MR) is 170 cm³/mol. The Kier molecular flexibility index (Phi) is 17.8. The molecule has 11 N–H and O–H groups in total. The lowest BCUT2D eigenvalue weighted by atomic mass is 9.84. The van der Waals surface area contributed by atoms with Gasteiger partial charge in [0.15, 0.2) is 5.96 Å². The molecule has 15 nitrogen and oxygen atoms in total. The van der Waals surface area contributed by atoms with E-state index in [-0.39, 0.29) is 37.2 Å². The van der Waals surface area contributed by atoms with E-state index in [9.17, 15) is 28.8 Å². The molecule has 0 radical (unpaired) electrons. The minimum Gasteiger partial charge on any atom is -0.370 e. The van der Waals surface area contributed by atoms with Crippen LogP contribution in [0.25, 0.3) is 0 Å². The van der Waals surface area contributed by atoms with E-state index in [0.717, 1.165) is 32.1 Å². The second-order valence-corrected chi connectivity index (χ2v) is 12.2. The molecule has 16 heteroatoms. The smallest absolute Gasteiger partial charge is 0.243 e. The van der Waals surface area contributed by atoms with Crippen molar-refractivity contribution in [3.05, 3.63) is 0 Å². The fourth-order valence-corrected chi connectivity index (χ4v) is 5.32. The van der Waals surface area contributed by atoms with Gasteiger partial charge in [-0.05, 0) is 57.5 Å². The minimum absolute atomic E-state index is 0.108. The maximum atomic E-state index is 13.4. The molecule has 1 aliphatic carbocycles. The average Bonchev–Trinajstić information content (AvgIpc) is 2.96. The van der Waals surface area contributed by atoms with Gasteiger partial charge < -0.3 is 43.8 Å². The van der Waals surface area contributed by atoms with E-state index in [1.165, 1.54) is 32.5 Å². The van der Waals surface area contributed by atoms with E-state index in [1.807, 2.05) is 6.26 Å². The van der Waals surface area contributed by atoms with Crippen molar-refractivity contribution in [2.75, 3.05) is 18.6 Å². The second-order valence-electron chi connectivity index (χ2n) is 11.2. The number of hydrogen-bond acceptors (Lipinski definition) is 8. The summed E-state index contributed by atoms with van der Waals surface area (Å²) in [6, 6.07) is -4.85. The average molecular weight is 642 g/mol. The van der Waals surface area contributed by atoms with Crippen molar-refractivity contribution >= 4 is 53.2 Å². The molecule has 1 saturated carbocycles. The second kappa shape index (κ2) is 20.4. The molecule has 0 aromatic rings. The van der Waals surface area contributed by atoms with Crippen LogP contribution < -0.4 is 43.8 Å². The highest BCUT2D eigenvalue weighted by Crippen LogP contribution is 2.27. The van der Waals surface area contributed by atoms with E-state index in [4.69, 9.17) is 17.2 Å². The minimum atomic E-state index is -1.08. The van der Waals surface area contributed by atoms with Crippen molar-refractivity contribution in [3.63, 3.8) is 0 Å². The van der Waals surface area contributed by atoms with Gasteiger partial charge in [0.05, 0.1) is 0 Å². The van der Waals surface area contributed by atoms with Crippen molar-refractivity contribution < 1.29 is 28.8 Å². The van der Waals surface area contributed by atoms with Crippen LogP contribution in [0.4, 0.5) is 0 Å². The zero-order valence-corrected chi connectivity index (χ0v) is 27.1. The Morgan fingerprint density at radius 3 is 1.84 bits per heavy atom. The number of nitrogens with zero attached hydrogens (tertiary/aromatic N) is 1. The summed E-state index contributed by atoms with van der Waals surface area (Å²) in [7, 11) is 0. The van der Waals surface area contributed by atoms with Crippen LogP contribution in [0.1, 0.15) is 78.6 Å². The number of carbonyl (C=O) groups excluding carboxylic acids is 6. The van der Waals surface area contributed by atoms with Gasteiger partial charge in [0.2, 0.25) is 35.4 Å². The molecule has 0 aromatic heterocycles. The van der Waals surface area contributed by atoms with Gasteiger partial charge >= 0.3 is 0 Å². The highest BCUT2D eigenvalue weighted by molar-refractivity contribution is 7.98. The molecule has 0 spiro atoms. The standard InChI is InChI=1S/C28H51N9O6S/c1-16(23(29)39)33-26(42)21(12-14-44-4)36-24(40)17(2)34-25(41)20(11-8-13-32-28(30)31)37-27(43)22(35-18(3)38)15-19-9-6-5-7-10-19/h16-17,19-22H,5-15H2,1-4H3,(H2,29,39)(H,33,42)(H,34,41)(H,35,38)(H,36,40)(H,37,43)(H4,30,31,32)/t16-,17+,20+,21+,22+/m1/s1. The third-order valence-corrected chi connectivity index (χ3v) is 7.99. The zero-order valence-electron chi connectivity index (χ0n) is 26.3. The molecule has 250 valence electrons. The van der Waals surface area contributed by atoms with Crippen LogP contribution in [0.3, 0.4) is 0 Å². The molecule has 6 amide bonds. The molecule has 5 atom stereocenters. The third kappa shape index (κ3) is 15.3. The van der Waals surface area contributed by atoms with Gasteiger partial charge in [-0.25, -0.2) is 0 Å². The fraction of sp³-hybridized carbons (Fsp3) is 0.750. The number of carbonyl (C=O) groups is 6. The van der Waals surface area contributed by atoms with Crippen LogP contribution in [-0.2, 0) is 28.8 Å². The molecule has 1 aliphatic rings. The topological polar surface area (TPSA) is 253 Å². The lowest BCUT2D eigenvalue weighted by Crippen LogP contribution is -2.58. The van der Waals surface area contributed by atoms with Gasteiger partial charge in [-0.3, -0.25) is 33.8 Å². The lowest BCUT2D eigenvalue weighted by molar-refractivity contribution is -0.134. The monoisotopic (exact) mass is 641 g/mol. The maximum Gasteiger partial charge on any atom is 0.243 e. The Morgan fingerprint density at radius 2 is 1.30 bits per heavy atom. The molecular weight excluding hydrogens is 590 g/mol. The van der Waals surface area contributed by atoms with E-state index in [0.29, 0.717) is 18.6 Å². The SMILES string of the molecule is CSCC[C@H](NC(=O)[C@H](C)NC(=O)[C@H](CCCN=C(N)N)NC(=O)[C@H](CC1CCCCC1)NC(C)=O)C(=O)N[C@H](C)C(N)=O. The van der Waals surface area contributed by atoms with Crippen LogP contribution in [0.2, 0.25) is 0 Å². The molecule has 1 fully saturated rings. The molecular formula is C28H51N9O6S. The van der Waals surface area contributed by atoms with Crippen molar-refractivity contribution in [3.8, 4) is 0 Å². The number of thioether (sulfide) groups is 1. The Balaban J connectivity index is 3.00. The number of amides is 6. The molecule has 0 saturated heterocycles. The number of aliphatic imine (C=N–C) groups is 1. The summed E-state index contributed by atoms with van der Waals surface area (Å²) in [6.07, 6.45) is 8.30. The Bertz CT molecular complexity index is 1020. The normalized spacial score (nSPS) is 16.6. The summed E-state index contributed by atoms with van der Waals surface area (Å²) >= 11 is 1.47. The Hall–Kier alpha value is -3.56. The lowest BCUT2D eigenvalue weighted by Gasteiger charge is -2.28. The number of guanidine groups is 1. The Morgan fingerprint density at radius 1 is 0.750 bits per heavy atom. The molecule has 0 unspecified atom stereocenters. The molecule has 0 heterocycles. The van der Waals surface area contributed by atoms with Gasteiger partial charge in [0.25, 0.3) is 0 Å². The fourth-order valence-electron chi connectivity index (χ4n) is 4.84. The quantitative estimate of drug-likeness (QED) is 0.0475. The summed E-state index contributed by atoms with van der Waals surface area (Å²) < 4.78 is 0. The molecule has 1 rings (SSSR count). The molecule has 0 aromatic carbocycles. The number of hydrogen-bond donors (Lipinski definition) is 8. The first kappa shape index (κ1) is 38.5. The van der Waals surface area contributed by atoms with Crippen molar-refractivity contribution in [1.82, 2.24) is 26.6 Å². The Labute approximate surface area is 263 Å². The highest BCUT2D eigenvalue weighted by atomic mass is 32.2. The highest BCUT2D eigenvalue weighted by Gasteiger charge is 2.31. The van der Waals surface area contributed by atoms with Crippen molar-refractivity contribution in [1.29, 1.82) is 0 Å². The predicted octanol–water partition coefficient (Wildman–Crippen LogP) is -1.27. The van der Waals surface area contributed by atoms with Crippen LogP contribution in [0, 0.1) is 5.92 Å². The van der Waals surface area contributed by atoms with Gasteiger partial charge in [-0.15, -0.1) is 0 Å². The zero-order chi connectivity index (χ0) is 33.2. The first-order chi connectivity index (χ1) is 20.7. The van der Waals surface area contributed by atoms with Gasteiger partial charge in [0, 0.05) is 13.5 Å². The maximum absolute atomic E-state index is 13.4. The summed E-state index contributed by atoms with van der Waals surface area (Å²) in [5.74, 6) is -2.69. The summed E-state index contributed by atoms with van der Waals surface area (Å²) in [5.41, 5.74) is 16.0. The van der Waals surface area contributed by atoms with Gasteiger partial charge in [-0.1, -0.05) is 32.1 Å².